The summed E-state index contributed by atoms with van der Waals surface area (Å²) in [4.78, 5) is 24.3. The summed E-state index contributed by atoms with van der Waals surface area (Å²) in [6, 6.07) is 7.15. The number of rotatable bonds is 4. The lowest BCUT2D eigenvalue weighted by Gasteiger charge is -2.35. The summed E-state index contributed by atoms with van der Waals surface area (Å²) in [6.07, 6.45) is 0.408. The molecule has 0 radical (unpaired) electrons. The van der Waals surface area contributed by atoms with E-state index in [0.717, 1.165) is 10.2 Å². The van der Waals surface area contributed by atoms with Crippen molar-refractivity contribution in [1.82, 2.24) is 0 Å². The molecule has 0 spiro atoms. The van der Waals surface area contributed by atoms with Crippen LogP contribution in [0, 0.1) is 0 Å². The monoisotopic (exact) mass is 327 g/mol. The lowest BCUT2D eigenvalue weighted by atomic mass is 10.1. The molecule has 0 aliphatic carbocycles. The zero-order chi connectivity index (χ0) is 13.8. The number of carboxylic acid groups (broad SMARTS) is 1. The topological polar surface area (TPSA) is 66.8 Å². The molecule has 1 aromatic rings. The minimum absolute atomic E-state index is 0.0222. The fraction of sp³-hybridized carbons (Fsp3) is 0.385. The molecule has 1 atom stereocenters. The van der Waals surface area contributed by atoms with Crippen molar-refractivity contribution in [1.29, 1.82) is 0 Å². The van der Waals surface area contributed by atoms with Crippen molar-refractivity contribution in [3.63, 3.8) is 0 Å². The summed E-state index contributed by atoms with van der Waals surface area (Å²) < 4.78 is 6.14. The molecule has 1 aromatic carbocycles. The standard InChI is InChI=1S/C13H14BrNO4/c14-9-1-3-10(4-2-9)15-11(5-6-13(17)18)7-19-8-12(15)16/h1-4,11H,5-8H2,(H,17,18). The van der Waals surface area contributed by atoms with Crippen LogP contribution in [0.15, 0.2) is 28.7 Å². The number of hydrogen-bond donors (Lipinski definition) is 1. The van der Waals surface area contributed by atoms with E-state index in [1.165, 1.54) is 0 Å². The Labute approximate surface area is 119 Å². The van der Waals surface area contributed by atoms with Crippen molar-refractivity contribution in [2.24, 2.45) is 0 Å². The van der Waals surface area contributed by atoms with Gasteiger partial charge in [-0.25, -0.2) is 0 Å². The fourth-order valence-electron chi connectivity index (χ4n) is 2.09. The van der Waals surface area contributed by atoms with Crippen LogP contribution in [0.4, 0.5) is 5.69 Å². The highest BCUT2D eigenvalue weighted by Gasteiger charge is 2.30. The Morgan fingerprint density at radius 3 is 2.74 bits per heavy atom. The minimum atomic E-state index is -0.867. The molecular weight excluding hydrogens is 314 g/mol. The van der Waals surface area contributed by atoms with Gasteiger partial charge >= 0.3 is 5.97 Å². The highest BCUT2D eigenvalue weighted by molar-refractivity contribution is 9.10. The third-order valence-corrected chi connectivity index (χ3v) is 3.49. The van der Waals surface area contributed by atoms with Crippen LogP contribution in [-0.2, 0) is 14.3 Å². The van der Waals surface area contributed by atoms with E-state index in [9.17, 15) is 9.59 Å². The molecule has 6 heteroatoms. The number of hydrogen-bond acceptors (Lipinski definition) is 3. The highest BCUT2D eigenvalue weighted by Crippen LogP contribution is 2.24. The second-order valence-electron chi connectivity index (χ2n) is 4.34. The van der Waals surface area contributed by atoms with Crippen LogP contribution in [0.25, 0.3) is 0 Å². The number of carboxylic acids is 1. The average Bonchev–Trinajstić information content (AvgIpc) is 2.38. The minimum Gasteiger partial charge on any atom is -0.481 e. The molecule has 0 aromatic heterocycles. The Morgan fingerprint density at radius 2 is 2.11 bits per heavy atom. The Morgan fingerprint density at radius 1 is 1.42 bits per heavy atom. The third kappa shape index (κ3) is 3.54. The molecule has 1 saturated heterocycles. The highest BCUT2D eigenvalue weighted by atomic mass is 79.9. The SMILES string of the molecule is O=C(O)CCC1COCC(=O)N1c1ccc(Br)cc1. The van der Waals surface area contributed by atoms with E-state index in [2.05, 4.69) is 15.9 Å². The van der Waals surface area contributed by atoms with Gasteiger partial charge in [0, 0.05) is 16.6 Å². The molecule has 19 heavy (non-hydrogen) atoms. The number of aliphatic carboxylic acids is 1. The van der Waals surface area contributed by atoms with Crippen LogP contribution >= 0.6 is 15.9 Å². The number of benzene rings is 1. The molecule has 0 bridgehead atoms. The molecule has 1 aliphatic heterocycles. The van der Waals surface area contributed by atoms with Crippen molar-refractivity contribution < 1.29 is 19.4 Å². The molecule has 102 valence electrons. The molecule has 1 aliphatic rings. The average molecular weight is 328 g/mol. The van der Waals surface area contributed by atoms with E-state index >= 15 is 0 Å². The summed E-state index contributed by atoms with van der Waals surface area (Å²) >= 11 is 3.34. The van der Waals surface area contributed by atoms with Crippen LogP contribution < -0.4 is 4.90 Å². The molecule has 1 heterocycles. The van der Waals surface area contributed by atoms with E-state index in [4.69, 9.17) is 9.84 Å². The van der Waals surface area contributed by atoms with Gasteiger partial charge in [-0.2, -0.15) is 0 Å². The van der Waals surface area contributed by atoms with E-state index in [1.54, 1.807) is 4.90 Å². The Bertz CT molecular complexity index is 474. The van der Waals surface area contributed by atoms with Gasteiger partial charge in [-0.1, -0.05) is 15.9 Å². The molecular formula is C13H14BrNO4. The van der Waals surface area contributed by atoms with Gasteiger partial charge in [0.1, 0.15) is 6.61 Å². The number of carbonyl (C=O) groups is 2. The number of nitrogens with zero attached hydrogens (tertiary/aromatic N) is 1. The van der Waals surface area contributed by atoms with E-state index < -0.39 is 5.97 Å². The summed E-state index contributed by atoms with van der Waals surface area (Å²) in [5.74, 6) is -1.00. The van der Waals surface area contributed by atoms with E-state index in [-0.39, 0.29) is 25.0 Å². The molecule has 5 nitrogen and oxygen atoms in total. The summed E-state index contributed by atoms with van der Waals surface area (Å²) in [5.41, 5.74) is 0.770. The zero-order valence-corrected chi connectivity index (χ0v) is 11.8. The quantitative estimate of drug-likeness (QED) is 0.919. The summed E-state index contributed by atoms with van der Waals surface area (Å²) in [5, 5.41) is 8.75. The van der Waals surface area contributed by atoms with Crippen LogP contribution in [-0.4, -0.2) is 36.2 Å². The number of anilines is 1. The predicted molar refractivity (Wildman–Crippen MR) is 73.1 cm³/mol. The summed E-state index contributed by atoms with van der Waals surface area (Å²) in [7, 11) is 0. The van der Waals surface area contributed by atoms with Crippen molar-refractivity contribution >= 4 is 33.5 Å². The molecule has 1 N–H and O–H groups in total. The maximum Gasteiger partial charge on any atom is 0.303 e. The second kappa shape index (κ2) is 6.16. The molecule has 1 unspecified atom stereocenters. The number of ether oxygens (including phenoxy) is 1. The van der Waals surface area contributed by atoms with Crippen molar-refractivity contribution in [2.45, 2.75) is 18.9 Å². The maximum absolute atomic E-state index is 12.0. The summed E-state index contributed by atoms with van der Waals surface area (Å²) in [6.45, 7) is 0.411. The Hall–Kier alpha value is -1.40. The first kappa shape index (κ1) is 14.0. The zero-order valence-electron chi connectivity index (χ0n) is 10.2. The van der Waals surface area contributed by atoms with Gasteiger partial charge in [-0.3, -0.25) is 9.59 Å². The van der Waals surface area contributed by atoms with E-state index in [1.807, 2.05) is 24.3 Å². The Balaban J connectivity index is 2.18. The third-order valence-electron chi connectivity index (χ3n) is 2.97. The van der Waals surface area contributed by atoms with Crippen molar-refractivity contribution in [3.8, 4) is 0 Å². The maximum atomic E-state index is 12.0. The van der Waals surface area contributed by atoms with Gasteiger partial charge in [0.2, 0.25) is 0 Å². The second-order valence-corrected chi connectivity index (χ2v) is 5.26. The number of morpholine rings is 1. The lowest BCUT2D eigenvalue weighted by molar-refractivity contribution is -0.138. The van der Waals surface area contributed by atoms with Gasteiger partial charge in [0.25, 0.3) is 5.91 Å². The lowest BCUT2D eigenvalue weighted by Crippen LogP contribution is -2.49. The van der Waals surface area contributed by atoms with Gasteiger partial charge in [-0.05, 0) is 30.7 Å². The van der Waals surface area contributed by atoms with E-state index in [0.29, 0.717) is 13.0 Å². The van der Waals surface area contributed by atoms with Crippen LogP contribution in [0.1, 0.15) is 12.8 Å². The first-order chi connectivity index (χ1) is 9.08. The smallest absolute Gasteiger partial charge is 0.303 e. The van der Waals surface area contributed by atoms with Crippen molar-refractivity contribution in [2.75, 3.05) is 18.1 Å². The molecule has 0 saturated carbocycles. The fourth-order valence-corrected chi connectivity index (χ4v) is 2.35. The van der Waals surface area contributed by atoms with Gasteiger partial charge in [0.15, 0.2) is 0 Å². The first-order valence-electron chi connectivity index (χ1n) is 5.95. The van der Waals surface area contributed by atoms with Gasteiger partial charge in [0.05, 0.1) is 12.6 Å². The number of halogens is 1. The van der Waals surface area contributed by atoms with Gasteiger partial charge in [-0.15, -0.1) is 0 Å². The predicted octanol–water partition coefficient (Wildman–Crippen LogP) is 2.05. The Kier molecular flexibility index (Phi) is 4.55. The van der Waals surface area contributed by atoms with Crippen LogP contribution in [0.5, 0.6) is 0 Å². The first-order valence-corrected chi connectivity index (χ1v) is 6.74. The van der Waals surface area contributed by atoms with Gasteiger partial charge < -0.3 is 14.7 Å². The number of amides is 1. The normalized spacial score (nSPS) is 19.5. The molecule has 2 rings (SSSR count). The van der Waals surface area contributed by atoms with Crippen LogP contribution in [0.2, 0.25) is 0 Å². The largest absolute Gasteiger partial charge is 0.481 e. The molecule has 1 fully saturated rings. The number of carbonyl (C=O) groups excluding carboxylic acids is 1. The van der Waals surface area contributed by atoms with Crippen molar-refractivity contribution in [3.05, 3.63) is 28.7 Å². The molecule has 1 amide bonds. The van der Waals surface area contributed by atoms with Crippen LogP contribution in [0.3, 0.4) is 0 Å².